The molecule has 2 aromatic rings. The third-order valence-electron chi connectivity index (χ3n) is 8.04. The Morgan fingerprint density at radius 1 is 1.05 bits per heavy atom. The van der Waals surface area contributed by atoms with E-state index in [0.717, 1.165) is 61.2 Å². The third-order valence-corrected chi connectivity index (χ3v) is 8.04. The van der Waals surface area contributed by atoms with E-state index in [0.29, 0.717) is 6.42 Å². The van der Waals surface area contributed by atoms with Crippen LogP contribution in [-0.4, -0.2) is 45.8 Å². The van der Waals surface area contributed by atoms with Gasteiger partial charge in [0.15, 0.2) is 0 Å². The molecule has 3 N–H and O–H groups in total. The first-order chi connectivity index (χ1) is 17.6. The molecule has 1 aliphatic heterocycles. The number of aliphatic hydroxyl groups excluding tert-OH is 1. The van der Waals surface area contributed by atoms with Gasteiger partial charge in [0.1, 0.15) is 5.60 Å². The van der Waals surface area contributed by atoms with Gasteiger partial charge in [-0.2, -0.15) is 0 Å². The number of piperidine rings is 1. The Labute approximate surface area is 222 Å². The molecule has 1 fully saturated rings. The maximum atomic E-state index is 12.0. The molecular weight excluding hydrogens is 462 g/mol. The summed E-state index contributed by atoms with van der Waals surface area (Å²) in [6, 6.07) is 17.3. The van der Waals surface area contributed by atoms with Crippen molar-refractivity contribution in [2.24, 2.45) is 5.92 Å². The number of rotatable bonds is 11. The highest BCUT2D eigenvalue weighted by atomic mass is 16.4. The molecule has 2 aromatic carbocycles. The van der Waals surface area contributed by atoms with Crippen molar-refractivity contribution < 1.29 is 20.1 Å². The summed E-state index contributed by atoms with van der Waals surface area (Å²) >= 11 is 0. The molecule has 2 atom stereocenters. The topological polar surface area (TPSA) is 81.0 Å². The largest absolute Gasteiger partial charge is 0.481 e. The lowest BCUT2D eigenvalue weighted by atomic mass is 9.72. The number of nitrogens with zero attached hydrogens (tertiary/aromatic N) is 1. The van der Waals surface area contributed by atoms with Crippen LogP contribution >= 0.6 is 0 Å². The quantitative estimate of drug-likeness (QED) is 0.327. The lowest BCUT2D eigenvalue weighted by molar-refractivity contribution is -0.142. The van der Waals surface area contributed by atoms with E-state index >= 15 is 0 Å². The van der Waals surface area contributed by atoms with Gasteiger partial charge in [-0.05, 0) is 101 Å². The van der Waals surface area contributed by atoms with Crippen molar-refractivity contribution >= 4 is 5.97 Å². The lowest BCUT2D eigenvalue weighted by Gasteiger charge is -2.42. The van der Waals surface area contributed by atoms with E-state index in [2.05, 4.69) is 4.90 Å². The van der Waals surface area contributed by atoms with Gasteiger partial charge >= 0.3 is 5.97 Å². The number of hydrogen-bond donors (Lipinski definition) is 3. The molecule has 0 bridgehead atoms. The first kappa shape index (κ1) is 28.8. The van der Waals surface area contributed by atoms with Gasteiger partial charge in [-0.3, -0.25) is 4.79 Å². The lowest BCUT2D eigenvalue weighted by Crippen LogP contribution is -2.44. The van der Waals surface area contributed by atoms with E-state index in [9.17, 15) is 20.1 Å². The summed E-state index contributed by atoms with van der Waals surface area (Å²) in [4.78, 5) is 13.9. The Hall–Kier alpha value is -2.73. The SMILES string of the molecule is C/C=C\C=C(/C)[C@@](O)(c1ccccc1)C1CCN(CCC[C@H](O)c2ccc(C(C)(C)C(=O)O)cc2)CC1. The maximum absolute atomic E-state index is 12.0. The van der Waals surface area contributed by atoms with Crippen molar-refractivity contribution in [1.82, 2.24) is 4.90 Å². The highest BCUT2D eigenvalue weighted by Gasteiger charge is 2.41. The highest BCUT2D eigenvalue weighted by molar-refractivity contribution is 5.80. The number of carboxylic acids is 1. The Kier molecular flexibility index (Phi) is 9.88. The molecule has 0 amide bonds. The summed E-state index contributed by atoms with van der Waals surface area (Å²) in [5.74, 6) is -0.720. The summed E-state index contributed by atoms with van der Waals surface area (Å²) in [5, 5.41) is 32.1. The zero-order valence-corrected chi connectivity index (χ0v) is 22.7. The van der Waals surface area contributed by atoms with Gasteiger partial charge in [-0.25, -0.2) is 0 Å². The zero-order valence-electron chi connectivity index (χ0n) is 22.7. The van der Waals surface area contributed by atoms with Crippen molar-refractivity contribution in [2.45, 2.75) is 70.5 Å². The molecule has 0 spiro atoms. The second kappa shape index (κ2) is 12.7. The standard InChI is InChI=1S/C32H43NO4/c1-5-6-11-24(2)32(37,27-12-8-7-9-13-27)28-19-22-33(23-20-28)21-10-14-29(34)25-15-17-26(18-16-25)31(3,4)30(35)36/h5-9,11-13,15-18,28-29,34,37H,10,14,19-23H2,1-4H3,(H,35,36)/b6-5-,24-11+/t29-,32+/m0/s1. The molecule has 0 radical (unpaired) electrons. The van der Waals surface area contributed by atoms with E-state index in [-0.39, 0.29) is 5.92 Å². The number of hydrogen-bond acceptors (Lipinski definition) is 4. The van der Waals surface area contributed by atoms with Crippen molar-refractivity contribution in [3.63, 3.8) is 0 Å². The number of carboxylic acid groups (broad SMARTS) is 1. The minimum Gasteiger partial charge on any atom is -0.481 e. The van der Waals surface area contributed by atoms with Crippen LogP contribution in [-0.2, 0) is 15.8 Å². The molecule has 3 rings (SSSR count). The van der Waals surface area contributed by atoms with Crippen LogP contribution in [0.3, 0.4) is 0 Å². The Morgan fingerprint density at radius 2 is 1.68 bits per heavy atom. The molecular formula is C32H43NO4. The van der Waals surface area contributed by atoms with E-state index in [1.54, 1.807) is 26.0 Å². The minimum atomic E-state index is -0.982. The Balaban J connectivity index is 1.55. The first-order valence-electron chi connectivity index (χ1n) is 13.4. The van der Waals surface area contributed by atoms with Gasteiger partial charge in [0.25, 0.3) is 0 Å². The number of benzene rings is 2. The summed E-state index contributed by atoms with van der Waals surface area (Å²) in [6.07, 6.45) is 8.78. The molecule has 200 valence electrons. The molecule has 5 nitrogen and oxygen atoms in total. The van der Waals surface area contributed by atoms with Gasteiger partial charge in [0, 0.05) is 0 Å². The molecule has 0 saturated carbocycles. The monoisotopic (exact) mass is 505 g/mol. The van der Waals surface area contributed by atoms with Gasteiger partial charge < -0.3 is 20.2 Å². The van der Waals surface area contributed by atoms with E-state index in [4.69, 9.17) is 0 Å². The van der Waals surface area contributed by atoms with Crippen LogP contribution in [0.1, 0.15) is 76.2 Å². The second-order valence-corrected chi connectivity index (χ2v) is 10.8. The molecule has 5 heteroatoms. The van der Waals surface area contributed by atoms with Crippen molar-refractivity contribution in [3.8, 4) is 0 Å². The number of likely N-dealkylation sites (tertiary alicyclic amines) is 1. The van der Waals surface area contributed by atoms with Gasteiger partial charge in [0.2, 0.25) is 0 Å². The fourth-order valence-electron chi connectivity index (χ4n) is 5.34. The average Bonchev–Trinajstić information content (AvgIpc) is 2.92. The maximum Gasteiger partial charge on any atom is 0.313 e. The van der Waals surface area contributed by atoms with E-state index < -0.39 is 23.1 Å². The zero-order chi connectivity index (χ0) is 27.1. The molecule has 0 unspecified atom stereocenters. The smallest absolute Gasteiger partial charge is 0.313 e. The predicted octanol–water partition coefficient (Wildman–Crippen LogP) is 5.98. The van der Waals surface area contributed by atoms with Crippen LogP contribution in [0.15, 0.2) is 78.4 Å². The third kappa shape index (κ3) is 6.78. The summed E-state index contributed by atoms with van der Waals surface area (Å²) < 4.78 is 0. The van der Waals surface area contributed by atoms with Gasteiger partial charge in [0.05, 0.1) is 11.5 Å². The van der Waals surface area contributed by atoms with Crippen LogP contribution in [0, 0.1) is 5.92 Å². The molecule has 0 aromatic heterocycles. The van der Waals surface area contributed by atoms with Gasteiger partial charge in [-0.15, -0.1) is 0 Å². The number of aliphatic hydroxyl groups is 2. The summed E-state index contributed by atoms with van der Waals surface area (Å²) in [7, 11) is 0. The van der Waals surface area contributed by atoms with Crippen LogP contribution < -0.4 is 0 Å². The van der Waals surface area contributed by atoms with Crippen molar-refractivity contribution in [1.29, 1.82) is 0 Å². The second-order valence-electron chi connectivity index (χ2n) is 10.8. The Morgan fingerprint density at radius 3 is 2.24 bits per heavy atom. The van der Waals surface area contributed by atoms with Crippen molar-refractivity contribution in [3.05, 3.63) is 95.1 Å². The number of allylic oxidation sites excluding steroid dienone is 3. The summed E-state index contributed by atoms with van der Waals surface area (Å²) in [6.45, 7) is 10.1. The average molecular weight is 506 g/mol. The normalized spacial score (nSPS) is 18.6. The van der Waals surface area contributed by atoms with Crippen LogP contribution in [0.4, 0.5) is 0 Å². The van der Waals surface area contributed by atoms with Crippen molar-refractivity contribution in [2.75, 3.05) is 19.6 Å². The van der Waals surface area contributed by atoms with Crippen LogP contribution in [0.25, 0.3) is 0 Å². The fraction of sp³-hybridized carbons (Fsp3) is 0.469. The highest BCUT2D eigenvalue weighted by Crippen LogP contribution is 2.42. The van der Waals surface area contributed by atoms with Gasteiger partial charge in [-0.1, -0.05) is 72.8 Å². The summed E-state index contributed by atoms with van der Waals surface area (Å²) in [5.41, 5.74) is 1.53. The molecule has 1 heterocycles. The molecule has 1 saturated heterocycles. The Bertz CT molecular complexity index is 1070. The van der Waals surface area contributed by atoms with Crippen LogP contribution in [0.2, 0.25) is 0 Å². The molecule has 37 heavy (non-hydrogen) atoms. The minimum absolute atomic E-state index is 0.145. The first-order valence-corrected chi connectivity index (χ1v) is 13.4. The fourth-order valence-corrected chi connectivity index (χ4v) is 5.34. The number of carbonyl (C=O) groups is 1. The van der Waals surface area contributed by atoms with E-state index in [1.807, 2.05) is 74.5 Å². The van der Waals surface area contributed by atoms with Crippen LogP contribution in [0.5, 0.6) is 0 Å². The molecule has 0 aliphatic carbocycles. The van der Waals surface area contributed by atoms with E-state index in [1.165, 1.54) is 0 Å². The number of aliphatic carboxylic acids is 1. The molecule has 1 aliphatic rings. The predicted molar refractivity (Wildman–Crippen MR) is 149 cm³/mol.